The van der Waals surface area contributed by atoms with Crippen LogP contribution in [0.15, 0.2) is 42.7 Å². The zero-order valence-electron chi connectivity index (χ0n) is 12.3. The number of hydrogen-bond acceptors (Lipinski definition) is 3. The number of benzene rings is 1. The number of aromatic nitrogens is 2. The summed E-state index contributed by atoms with van der Waals surface area (Å²) in [7, 11) is 0.927. The van der Waals surface area contributed by atoms with Gasteiger partial charge in [0.15, 0.2) is 0 Å². The molecule has 116 valence electrons. The lowest BCUT2D eigenvalue weighted by Crippen LogP contribution is -2.46. The number of nitrogens with zero attached hydrogens (tertiary/aromatic N) is 3. The van der Waals surface area contributed by atoms with E-state index in [0.29, 0.717) is 18.1 Å². The molecule has 1 aromatic carbocycles. The first-order chi connectivity index (χ1) is 10.6. The predicted molar refractivity (Wildman–Crippen MR) is 86.0 cm³/mol. The Morgan fingerprint density at radius 1 is 1.36 bits per heavy atom. The zero-order valence-corrected chi connectivity index (χ0v) is 13.1. The lowest BCUT2D eigenvalue weighted by atomic mass is 10.1. The number of anilines is 1. The summed E-state index contributed by atoms with van der Waals surface area (Å²) >= 11 is 0. The summed E-state index contributed by atoms with van der Waals surface area (Å²) in [6.07, 6.45) is 3.60. The Kier molecular flexibility index (Phi) is 4.24. The van der Waals surface area contributed by atoms with Crippen LogP contribution in [0.3, 0.4) is 0 Å². The van der Waals surface area contributed by atoms with Crippen LogP contribution >= 0.6 is 0 Å². The number of nitrogens with one attached hydrogen (secondary N) is 1. The van der Waals surface area contributed by atoms with Crippen LogP contribution in [0, 0.1) is 0 Å². The van der Waals surface area contributed by atoms with E-state index >= 15 is 0 Å². The monoisotopic (exact) mass is 318 g/mol. The van der Waals surface area contributed by atoms with Gasteiger partial charge in [0.2, 0.25) is 0 Å². The van der Waals surface area contributed by atoms with Gasteiger partial charge >= 0.3 is 6.03 Å². The fraction of sp³-hybridized carbons (Fsp3) is 0.333. The molecule has 1 aromatic heterocycles. The van der Waals surface area contributed by atoms with Crippen LogP contribution < -0.4 is 5.32 Å². The maximum atomic E-state index is 12.6. The minimum atomic E-state index is -0.904. The van der Waals surface area contributed by atoms with Crippen LogP contribution in [0.1, 0.15) is 11.6 Å². The number of para-hydroxylation sites is 1. The third-order valence-electron chi connectivity index (χ3n) is 3.68. The van der Waals surface area contributed by atoms with Gasteiger partial charge in [-0.2, -0.15) is 5.10 Å². The van der Waals surface area contributed by atoms with Crippen LogP contribution in [0.4, 0.5) is 10.5 Å². The molecule has 0 aliphatic carbocycles. The summed E-state index contributed by atoms with van der Waals surface area (Å²) in [5, 5.41) is 7.05. The van der Waals surface area contributed by atoms with Crippen molar-refractivity contribution in [3.8, 4) is 0 Å². The number of aryl methyl sites for hydroxylation is 1. The van der Waals surface area contributed by atoms with Crippen molar-refractivity contribution < 1.29 is 9.00 Å². The van der Waals surface area contributed by atoms with Crippen LogP contribution in [0.2, 0.25) is 0 Å². The largest absolute Gasteiger partial charge is 0.322 e. The molecule has 2 atom stereocenters. The summed E-state index contributed by atoms with van der Waals surface area (Å²) in [6.45, 7) is 0.477. The first-order valence-corrected chi connectivity index (χ1v) is 8.58. The predicted octanol–water partition coefficient (Wildman–Crippen LogP) is 1.76. The Bertz CT molecular complexity index is 686. The maximum absolute atomic E-state index is 12.6. The Balaban J connectivity index is 1.80. The van der Waals surface area contributed by atoms with E-state index in [9.17, 15) is 9.00 Å². The molecule has 2 amide bonds. The third-order valence-corrected chi connectivity index (χ3v) is 5.00. The van der Waals surface area contributed by atoms with E-state index in [1.807, 2.05) is 43.6 Å². The lowest BCUT2D eigenvalue weighted by molar-refractivity contribution is 0.195. The van der Waals surface area contributed by atoms with E-state index in [-0.39, 0.29) is 12.1 Å². The lowest BCUT2D eigenvalue weighted by Gasteiger charge is -2.34. The molecule has 0 spiro atoms. The number of amides is 2. The molecule has 1 aliphatic heterocycles. The van der Waals surface area contributed by atoms with Crippen LogP contribution in [-0.4, -0.2) is 43.0 Å². The Morgan fingerprint density at radius 2 is 2.14 bits per heavy atom. The second-order valence-electron chi connectivity index (χ2n) is 5.26. The fourth-order valence-corrected chi connectivity index (χ4v) is 3.85. The van der Waals surface area contributed by atoms with Crippen molar-refractivity contribution in [2.24, 2.45) is 7.05 Å². The van der Waals surface area contributed by atoms with E-state index in [1.165, 1.54) is 0 Å². The molecule has 1 fully saturated rings. The van der Waals surface area contributed by atoms with Gasteiger partial charge in [0.05, 0.1) is 12.2 Å². The fourth-order valence-electron chi connectivity index (χ4n) is 2.55. The number of rotatable bonds is 2. The van der Waals surface area contributed by atoms with E-state index in [2.05, 4.69) is 10.4 Å². The third kappa shape index (κ3) is 3.19. The molecule has 22 heavy (non-hydrogen) atoms. The molecule has 1 aliphatic rings. The second-order valence-corrected chi connectivity index (χ2v) is 6.88. The molecule has 1 N–H and O–H groups in total. The van der Waals surface area contributed by atoms with Crippen LogP contribution in [0.25, 0.3) is 0 Å². The highest BCUT2D eigenvalue weighted by Crippen LogP contribution is 2.25. The van der Waals surface area contributed by atoms with Gasteiger partial charge in [0.25, 0.3) is 0 Å². The molecular formula is C15H18N4O2S. The molecule has 6 nitrogen and oxygen atoms in total. The van der Waals surface area contributed by atoms with Gasteiger partial charge in [-0.1, -0.05) is 18.2 Å². The summed E-state index contributed by atoms with van der Waals surface area (Å²) in [6, 6.07) is 8.97. The smallest absolute Gasteiger partial charge is 0.316 e. The van der Waals surface area contributed by atoms with Crippen LogP contribution in [0.5, 0.6) is 0 Å². The van der Waals surface area contributed by atoms with Crippen molar-refractivity contribution in [3.63, 3.8) is 0 Å². The number of hydrogen-bond donors (Lipinski definition) is 1. The quantitative estimate of drug-likeness (QED) is 0.917. The van der Waals surface area contributed by atoms with Crippen molar-refractivity contribution in [3.05, 3.63) is 48.3 Å². The first-order valence-electron chi connectivity index (χ1n) is 7.09. The molecule has 3 rings (SSSR count). The minimum absolute atomic E-state index is 0.170. The van der Waals surface area contributed by atoms with Crippen molar-refractivity contribution in [1.82, 2.24) is 14.7 Å². The average Bonchev–Trinajstić information content (AvgIpc) is 2.94. The van der Waals surface area contributed by atoms with Gasteiger partial charge < -0.3 is 10.2 Å². The van der Waals surface area contributed by atoms with Gasteiger partial charge in [-0.3, -0.25) is 8.89 Å². The van der Waals surface area contributed by atoms with Crippen LogP contribution in [-0.2, 0) is 17.8 Å². The zero-order chi connectivity index (χ0) is 15.5. The molecule has 0 unspecified atom stereocenters. The number of carbonyl (C=O) groups excluding carboxylic acids is 1. The summed E-state index contributed by atoms with van der Waals surface area (Å²) in [5.41, 5.74) is 1.67. The topological polar surface area (TPSA) is 67.2 Å². The number of urea groups is 1. The van der Waals surface area contributed by atoms with Crippen molar-refractivity contribution in [2.75, 3.05) is 23.4 Å². The van der Waals surface area contributed by atoms with E-state index in [1.54, 1.807) is 15.8 Å². The molecule has 0 radical (unpaired) electrons. The summed E-state index contributed by atoms with van der Waals surface area (Å²) < 4.78 is 13.6. The Labute approximate surface area is 131 Å². The van der Waals surface area contributed by atoms with Crippen molar-refractivity contribution >= 4 is 22.5 Å². The highest BCUT2D eigenvalue weighted by molar-refractivity contribution is 7.85. The molecule has 1 saturated heterocycles. The van der Waals surface area contributed by atoms with Gasteiger partial charge in [0, 0.05) is 53.3 Å². The second kappa shape index (κ2) is 6.31. The molecular weight excluding hydrogens is 300 g/mol. The van der Waals surface area contributed by atoms with E-state index in [4.69, 9.17) is 0 Å². The highest BCUT2D eigenvalue weighted by Gasteiger charge is 2.32. The molecule has 2 heterocycles. The summed E-state index contributed by atoms with van der Waals surface area (Å²) in [4.78, 5) is 14.3. The summed E-state index contributed by atoms with van der Waals surface area (Å²) in [5.74, 6) is 0.965. The molecule has 0 bridgehead atoms. The maximum Gasteiger partial charge on any atom is 0.322 e. The Morgan fingerprint density at radius 3 is 2.82 bits per heavy atom. The van der Waals surface area contributed by atoms with Gasteiger partial charge in [-0.25, -0.2) is 4.79 Å². The SMILES string of the molecule is Cn1cc([C@@H]2C[S@@](=O)CCN2C(=O)Nc2ccccc2)cn1. The first kappa shape index (κ1) is 14.8. The van der Waals surface area contributed by atoms with E-state index < -0.39 is 10.8 Å². The van der Waals surface area contributed by atoms with Crippen molar-refractivity contribution in [2.45, 2.75) is 6.04 Å². The minimum Gasteiger partial charge on any atom is -0.316 e. The molecule has 0 saturated carbocycles. The van der Waals surface area contributed by atoms with Gasteiger partial charge in [-0.15, -0.1) is 0 Å². The van der Waals surface area contributed by atoms with E-state index in [0.717, 1.165) is 11.3 Å². The normalized spacial score (nSPS) is 21.6. The molecule has 7 heteroatoms. The number of carbonyl (C=O) groups is 1. The standard InChI is InChI=1S/C15H18N4O2S/c1-18-10-12(9-16-18)14-11-22(21)8-7-19(14)15(20)17-13-5-3-2-4-6-13/h2-6,9-10,14H,7-8,11H2,1H3,(H,17,20)/t14-,22-/m0/s1. The van der Waals surface area contributed by atoms with Gasteiger partial charge in [-0.05, 0) is 12.1 Å². The Hall–Kier alpha value is -2.15. The average molecular weight is 318 g/mol. The highest BCUT2D eigenvalue weighted by atomic mass is 32.2. The molecule has 2 aromatic rings. The van der Waals surface area contributed by atoms with Crippen molar-refractivity contribution in [1.29, 1.82) is 0 Å². The van der Waals surface area contributed by atoms with Gasteiger partial charge in [0.1, 0.15) is 0 Å².